The van der Waals surface area contributed by atoms with Gasteiger partial charge in [0, 0.05) is 17.0 Å². The third-order valence-corrected chi connectivity index (χ3v) is 6.27. The second-order valence-electron chi connectivity index (χ2n) is 4.96. The van der Waals surface area contributed by atoms with E-state index in [1.54, 1.807) is 18.7 Å². The highest BCUT2D eigenvalue weighted by molar-refractivity contribution is 8.03. The maximum atomic E-state index is 12.6. The lowest BCUT2D eigenvalue weighted by molar-refractivity contribution is -0.141. The number of aromatic nitrogens is 3. The Morgan fingerprint density at radius 2 is 1.88 bits per heavy atom. The van der Waals surface area contributed by atoms with Crippen LogP contribution in [0.4, 0.5) is 13.2 Å². The molecule has 0 unspecified atom stereocenters. The molecule has 0 saturated carbocycles. The summed E-state index contributed by atoms with van der Waals surface area (Å²) in [6.07, 6.45) is -4.32. The number of hydrogen-bond donors (Lipinski definition) is 0. The number of hydrogen-bond acceptors (Lipinski definition) is 6. The molecule has 0 aliphatic heterocycles. The SMILES string of the molecule is CCSc1nnc(SCC(=O)c2cc(C)n(CC(F)(F)F)c2C)s1. The van der Waals surface area contributed by atoms with Crippen molar-refractivity contribution < 1.29 is 18.0 Å². The molecule has 0 N–H and O–H groups in total. The number of halogens is 3. The van der Waals surface area contributed by atoms with Gasteiger partial charge in [0.05, 0.1) is 5.75 Å². The van der Waals surface area contributed by atoms with E-state index < -0.39 is 12.7 Å². The van der Waals surface area contributed by atoms with E-state index in [4.69, 9.17) is 0 Å². The van der Waals surface area contributed by atoms with Crippen LogP contribution < -0.4 is 0 Å². The van der Waals surface area contributed by atoms with Crippen molar-refractivity contribution in [3.63, 3.8) is 0 Å². The maximum Gasteiger partial charge on any atom is 0.406 e. The van der Waals surface area contributed by atoms with E-state index in [0.717, 1.165) is 14.7 Å². The summed E-state index contributed by atoms with van der Waals surface area (Å²) in [4.78, 5) is 12.3. The number of alkyl halides is 3. The standard InChI is InChI=1S/C14H16F3N3OS3/c1-4-22-12-18-19-13(24-12)23-6-11(21)10-5-8(2)20(9(10)3)7-14(15,16)17/h5H,4,6-7H2,1-3H3. The van der Waals surface area contributed by atoms with Gasteiger partial charge in [-0.15, -0.1) is 10.2 Å². The van der Waals surface area contributed by atoms with Crippen LogP contribution in [-0.2, 0) is 6.54 Å². The fraction of sp³-hybridized carbons (Fsp3) is 0.500. The normalized spacial score (nSPS) is 11.9. The van der Waals surface area contributed by atoms with Crippen LogP contribution in [0.3, 0.4) is 0 Å². The lowest BCUT2D eigenvalue weighted by Crippen LogP contribution is -2.19. The number of Topliss-reactive ketones (excluding diaryl/α,β-unsaturated/α-hetero) is 1. The molecule has 0 amide bonds. The molecule has 0 fully saturated rings. The Morgan fingerprint density at radius 3 is 2.46 bits per heavy atom. The number of rotatable bonds is 7. The molecule has 0 aliphatic rings. The van der Waals surface area contributed by atoms with Crippen molar-refractivity contribution >= 4 is 40.6 Å². The van der Waals surface area contributed by atoms with E-state index in [9.17, 15) is 18.0 Å². The summed E-state index contributed by atoms with van der Waals surface area (Å²) in [7, 11) is 0. The lowest BCUT2D eigenvalue weighted by atomic mass is 10.2. The maximum absolute atomic E-state index is 12.6. The number of carbonyl (C=O) groups excluding carboxylic acids is 1. The molecule has 24 heavy (non-hydrogen) atoms. The Hall–Kier alpha value is -1.00. The molecule has 0 radical (unpaired) electrons. The van der Waals surface area contributed by atoms with Crippen molar-refractivity contribution in [2.24, 2.45) is 0 Å². The van der Waals surface area contributed by atoms with Gasteiger partial charge in [-0.1, -0.05) is 41.8 Å². The predicted octanol–water partition coefficient (Wildman–Crippen LogP) is 4.61. The van der Waals surface area contributed by atoms with Gasteiger partial charge >= 0.3 is 6.18 Å². The smallest absolute Gasteiger partial charge is 0.339 e. The molecule has 10 heteroatoms. The van der Waals surface area contributed by atoms with Gasteiger partial charge in [0.1, 0.15) is 6.54 Å². The summed E-state index contributed by atoms with van der Waals surface area (Å²) < 4.78 is 40.5. The average molecular weight is 395 g/mol. The Balaban J connectivity index is 2.05. The molecule has 0 bridgehead atoms. The zero-order valence-corrected chi connectivity index (χ0v) is 15.8. The van der Waals surface area contributed by atoms with E-state index in [0.29, 0.717) is 21.3 Å². The van der Waals surface area contributed by atoms with Crippen LogP contribution in [0.5, 0.6) is 0 Å². The second-order valence-corrected chi connectivity index (χ2v) is 8.68. The van der Waals surface area contributed by atoms with Crippen molar-refractivity contribution in [3.05, 3.63) is 23.0 Å². The molecule has 2 heterocycles. The Labute approximate surface area is 150 Å². The van der Waals surface area contributed by atoms with E-state index in [-0.39, 0.29) is 11.5 Å². The Morgan fingerprint density at radius 1 is 1.25 bits per heavy atom. The van der Waals surface area contributed by atoms with Crippen molar-refractivity contribution in [1.82, 2.24) is 14.8 Å². The van der Waals surface area contributed by atoms with Crippen LogP contribution in [0.15, 0.2) is 14.7 Å². The van der Waals surface area contributed by atoms with Gasteiger partial charge in [0.15, 0.2) is 14.5 Å². The van der Waals surface area contributed by atoms with Gasteiger partial charge in [-0.25, -0.2) is 0 Å². The highest BCUT2D eigenvalue weighted by Gasteiger charge is 2.30. The first-order chi connectivity index (χ1) is 11.2. The molecule has 132 valence electrons. The van der Waals surface area contributed by atoms with Gasteiger partial charge in [-0.05, 0) is 25.7 Å². The number of nitrogens with zero attached hydrogens (tertiary/aromatic N) is 3. The fourth-order valence-corrected chi connectivity index (χ4v) is 4.95. The number of carbonyl (C=O) groups is 1. The largest absolute Gasteiger partial charge is 0.406 e. The zero-order chi connectivity index (χ0) is 17.9. The van der Waals surface area contributed by atoms with Crippen LogP contribution in [0.2, 0.25) is 0 Å². The van der Waals surface area contributed by atoms with Crippen molar-refractivity contribution in [1.29, 1.82) is 0 Å². The molecule has 0 spiro atoms. The minimum Gasteiger partial charge on any atom is -0.339 e. The second kappa shape index (κ2) is 7.92. The minimum atomic E-state index is -4.32. The zero-order valence-electron chi connectivity index (χ0n) is 13.3. The first kappa shape index (κ1) is 19.3. The molecule has 0 aliphatic carbocycles. The van der Waals surface area contributed by atoms with Crippen LogP contribution in [0, 0.1) is 13.8 Å². The van der Waals surface area contributed by atoms with Gasteiger partial charge in [-0.3, -0.25) is 4.79 Å². The van der Waals surface area contributed by atoms with Crippen molar-refractivity contribution in [2.75, 3.05) is 11.5 Å². The van der Waals surface area contributed by atoms with Crippen molar-refractivity contribution in [2.45, 2.75) is 42.2 Å². The van der Waals surface area contributed by atoms with Gasteiger partial charge < -0.3 is 4.57 Å². The number of aryl methyl sites for hydroxylation is 1. The molecule has 0 atom stereocenters. The summed E-state index contributed by atoms with van der Waals surface area (Å²) in [5.74, 6) is 0.812. The summed E-state index contributed by atoms with van der Waals surface area (Å²) in [6, 6.07) is 1.52. The monoisotopic (exact) mass is 395 g/mol. The van der Waals surface area contributed by atoms with Crippen molar-refractivity contribution in [3.8, 4) is 0 Å². The molecule has 0 saturated heterocycles. The van der Waals surface area contributed by atoms with Gasteiger partial charge in [0.25, 0.3) is 0 Å². The van der Waals surface area contributed by atoms with Gasteiger partial charge in [-0.2, -0.15) is 13.2 Å². The topological polar surface area (TPSA) is 47.8 Å². The number of thioether (sulfide) groups is 2. The summed E-state index contributed by atoms with van der Waals surface area (Å²) >= 11 is 4.25. The van der Waals surface area contributed by atoms with E-state index in [1.807, 2.05) is 6.92 Å². The molecule has 2 rings (SSSR count). The summed E-state index contributed by atoms with van der Waals surface area (Å²) in [5.41, 5.74) is 1.10. The summed E-state index contributed by atoms with van der Waals surface area (Å²) in [6.45, 7) is 4.04. The number of ketones is 1. The average Bonchev–Trinajstić information content (AvgIpc) is 3.04. The fourth-order valence-electron chi connectivity index (χ4n) is 2.15. The first-order valence-corrected chi connectivity index (χ1v) is 9.85. The third kappa shape index (κ3) is 5.00. The van der Waals surface area contributed by atoms with E-state index in [1.165, 1.54) is 36.1 Å². The van der Waals surface area contributed by atoms with Crippen LogP contribution in [-0.4, -0.2) is 38.2 Å². The van der Waals surface area contributed by atoms with Crippen LogP contribution >= 0.6 is 34.9 Å². The Kier molecular flexibility index (Phi) is 6.38. The predicted molar refractivity (Wildman–Crippen MR) is 91.3 cm³/mol. The van der Waals surface area contributed by atoms with Crippen LogP contribution in [0.1, 0.15) is 28.7 Å². The highest BCUT2D eigenvalue weighted by atomic mass is 32.2. The third-order valence-electron chi connectivity index (χ3n) is 3.19. The first-order valence-electron chi connectivity index (χ1n) is 7.07. The minimum absolute atomic E-state index is 0.127. The Bertz CT molecular complexity index is 725. The van der Waals surface area contributed by atoms with Gasteiger partial charge in [0.2, 0.25) is 0 Å². The molecule has 2 aromatic heterocycles. The lowest BCUT2D eigenvalue weighted by Gasteiger charge is -2.12. The molecular weight excluding hydrogens is 379 g/mol. The highest BCUT2D eigenvalue weighted by Crippen LogP contribution is 2.30. The van der Waals surface area contributed by atoms with E-state index >= 15 is 0 Å². The molecule has 0 aromatic carbocycles. The molecular formula is C14H16F3N3OS3. The molecule has 2 aromatic rings. The van der Waals surface area contributed by atoms with Crippen LogP contribution in [0.25, 0.3) is 0 Å². The van der Waals surface area contributed by atoms with E-state index in [2.05, 4.69) is 10.2 Å². The molecule has 4 nitrogen and oxygen atoms in total. The summed E-state index contributed by atoms with van der Waals surface area (Å²) in [5, 5.41) is 8.00. The quantitative estimate of drug-likeness (QED) is 0.506.